The monoisotopic (exact) mass is 285 g/mol. The fourth-order valence-electron chi connectivity index (χ4n) is 1.44. The van der Waals surface area contributed by atoms with Gasteiger partial charge < -0.3 is 4.74 Å². The third kappa shape index (κ3) is 5.55. The third-order valence-electron chi connectivity index (χ3n) is 2.29. The normalized spacial score (nSPS) is 11.9. The van der Waals surface area contributed by atoms with Crippen LogP contribution < -0.4 is 4.74 Å². The SMILES string of the molecule is CCOP(=O)(N=CCc1ccc(OC)cc1)OCC. The first kappa shape index (κ1) is 15.9. The highest BCUT2D eigenvalue weighted by atomic mass is 31.2. The summed E-state index contributed by atoms with van der Waals surface area (Å²) in [6.07, 6.45) is 2.13. The van der Waals surface area contributed by atoms with Gasteiger partial charge in [0.25, 0.3) is 0 Å². The largest absolute Gasteiger partial charge is 0.497 e. The van der Waals surface area contributed by atoms with Crippen molar-refractivity contribution in [2.45, 2.75) is 20.3 Å². The second-order valence-electron chi connectivity index (χ2n) is 3.65. The van der Waals surface area contributed by atoms with Crippen LogP contribution in [0.3, 0.4) is 0 Å². The lowest BCUT2D eigenvalue weighted by atomic mass is 10.2. The molecule has 0 aliphatic heterocycles. The lowest BCUT2D eigenvalue weighted by molar-refractivity contribution is 0.221. The highest BCUT2D eigenvalue weighted by Crippen LogP contribution is 2.49. The van der Waals surface area contributed by atoms with Crippen molar-refractivity contribution in [3.05, 3.63) is 29.8 Å². The maximum atomic E-state index is 12.0. The number of methoxy groups -OCH3 is 1. The van der Waals surface area contributed by atoms with Gasteiger partial charge >= 0.3 is 7.75 Å². The van der Waals surface area contributed by atoms with Crippen LogP contribution in [0.1, 0.15) is 19.4 Å². The lowest BCUT2D eigenvalue weighted by Crippen LogP contribution is -1.94. The van der Waals surface area contributed by atoms with Crippen LogP contribution in [0, 0.1) is 0 Å². The molecule has 6 heteroatoms. The van der Waals surface area contributed by atoms with E-state index in [0.29, 0.717) is 19.6 Å². The van der Waals surface area contributed by atoms with E-state index >= 15 is 0 Å². The van der Waals surface area contributed by atoms with Gasteiger partial charge in [0.05, 0.1) is 20.3 Å². The lowest BCUT2D eigenvalue weighted by Gasteiger charge is -2.10. The second-order valence-corrected chi connectivity index (χ2v) is 5.34. The first-order valence-electron chi connectivity index (χ1n) is 6.19. The first-order valence-corrected chi connectivity index (χ1v) is 7.69. The molecular weight excluding hydrogens is 265 g/mol. The Morgan fingerprint density at radius 3 is 2.21 bits per heavy atom. The van der Waals surface area contributed by atoms with Gasteiger partial charge in [-0.15, -0.1) is 0 Å². The van der Waals surface area contributed by atoms with E-state index in [9.17, 15) is 4.57 Å². The Morgan fingerprint density at radius 2 is 1.74 bits per heavy atom. The van der Waals surface area contributed by atoms with Gasteiger partial charge in [0.2, 0.25) is 0 Å². The van der Waals surface area contributed by atoms with Crippen molar-refractivity contribution in [2.24, 2.45) is 4.76 Å². The average Bonchev–Trinajstić information content (AvgIpc) is 2.40. The molecule has 0 heterocycles. The molecule has 0 aromatic heterocycles. The van der Waals surface area contributed by atoms with Crippen LogP contribution in [0.5, 0.6) is 5.75 Å². The molecule has 0 spiro atoms. The number of benzene rings is 1. The molecule has 1 rings (SSSR count). The molecule has 0 aliphatic carbocycles. The number of ether oxygens (including phenoxy) is 1. The van der Waals surface area contributed by atoms with Crippen LogP contribution in [-0.2, 0) is 20.0 Å². The quantitative estimate of drug-likeness (QED) is 0.542. The highest BCUT2D eigenvalue weighted by molar-refractivity contribution is 7.52. The fraction of sp³-hybridized carbons (Fsp3) is 0.462. The summed E-state index contributed by atoms with van der Waals surface area (Å²) in [4.78, 5) is 0. The van der Waals surface area contributed by atoms with Crippen LogP contribution in [0.2, 0.25) is 0 Å². The molecule has 0 unspecified atom stereocenters. The van der Waals surface area contributed by atoms with E-state index < -0.39 is 7.75 Å². The van der Waals surface area contributed by atoms with E-state index in [1.165, 1.54) is 0 Å². The molecule has 106 valence electrons. The Kier molecular flexibility index (Phi) is 6.78. The molecule has 0 fully saturated rings. The topological polar surface area (TPSA) is 57.1 Å². The van der Waals surface area contributed by atoms with Crippen molar-refractivity contribution in [3.63, 3.8) is 0 Å². The molecule has 0 atom stereocenters. The highest BCUT2D eigenvalue weighted by Gasteiger charge is 2.20. The van der Waals surface area contributed by atoms with Crippen molar-refractivity contribution in [1.82, 2.24) is 0 Å². The summed E-state index contributed by atoms with van der Waals surface area (Å²) in [5.41, 5.74) is 1.05. The first-order chi connectivity index (χ1) is 9.13. The second kappa shape index (κ2) is 8.10. The Bertz CT molecular complexity index is 434. The van der Waals surface area contributed by atoms with Crippen molar-refractivity contribution in [2.75, 3.05) is 20.3 Å². The average molecular weight is 285 g/mol. The number of rotatable bonds is 8. The molecule has 0 bridgehead atoms. The molecule has 19 heavy (non-hydrogen) atoms. The van der Waals surface area contributed by atoms with Gasteiger partial charge in [0.1, 0.15) is 5.75 Å². The minimum atomic E-state index is -3.33. The summed E-state index contributed by atoms with van der Waals surface area (Å²) < 4.78 is 31.2. The van der Waals surface area contributed by atoms with Gasteiger partial charge in [-0.1, -0.05) is 12.1 Å². The van der Waals surface area contributed by atoms with Gasteiger partial charge in [-0.3, -0.25) is 9.05 Å². The zero-order valence-corrected chi connectivity index (χ0v) is 12.4. The predicted octanol–water partition coefficient (Wildman–Crippen LogP) is 3.49. The van der Waals surface area contributed by atoms with E-state index in [1.807, 2.05) is 24.3 Å². The van der Waals surface area contributed by atoms with Gasteiger partial charge in [-0.25, -0.2) is 4.57 Å². The third-order valence-corrected chi connectivity index (χ3v) is 3.91. The van der Waals surface area contributed by atoms with Crippen LogP contribution in [-0.4, -0.2) is 26.5 Å². The van der Waals surface area contributed by atoms with E-state index in [4.69, 9.17) is 13.8 Å². The van der Waals surface area contributed by atoms with Crippen molar-refractivity contribution < 1.29 is 18.3 Å². The molecule has 0 amide bonds. The zero-order chi connectivity index (χ0) is 14.1. The summed E-state index contributed by atoms with van der Waals surface area (Å²) in [5, 5.41) is 0. The molecule has 5 nitrogen and oxygen atoms in total. The predicted molar refractivity (Wildman–Crippen MR) is 76.0 cm³/mol. The van der Waals surface area contributed by atoms with Crippen LogP contribution in [0.25, 0.3) is 0 Å². The zero-order valence-electron chi connectivity index (χ0n) is 11.5. The van der Waals surface area contributed by atoms with E-state index in [2.05, 4.69) is 4.76 Å². The van der Waals surface area contributed by atoms with Gasteiger partial charge in [0, 0.05) is 12.6 Å². The van der Waals surface area contributed by atoms with Crippen molar-refractivity contribution in [3.8, 4) is 5.75 Å². The smallest absolute Gasteiger partial charge is 0.453 e. The molecule has 1 aromatic carbocycles. The van der Waals surface area contributed by atoms with E-state index in [0.717, 1.165) is 11.3 Å². The summed E-state index contributed by atoms with van der Waals surface area (Å²) in [6, 6.07) is 7.59. The summed E-state index contributed by atoms with van der Waals surface area (Å²) in [7, 11) is -1.70. The fourth-order valence-corrected chi connectivity index (χ4v) is 2.58. The molecule has 0 saturated carbocycles. The maximum absolute atomic E-state index is 12.0. The standard InChI is InChI=1S/C13H20NO4P/c1-4-17-19(15,18-5-2)14-11-10-12-6-8-13(16-3)9-7-12/h6-9,11H,4-5,10H2,1-3H3. The minimum Gasteiger partial charge on any atom is -0.497 e. The van der Waals surface area contributed by atoms with Gasteiger partial charge in [-0.2, -0.15) is 4.76 Å². The van der Waals surface area contributed by atoms with Crippen molar-refractivity contribution >= 4 is 14.0 Å². The Labute approximate surface area is 114 Å². The molecule has 1 aromatic rings. The minimum absolute atomic E-state index is 0.303. The molecule has 0 saturated heterocycles. The maximum Gasteiger partial charge on any atom is 0.453 e. The molecule has 0 aliphatic rings. The van der Waals surface area contributed by atoms with Gasteiger partial charge in [-0.05, 0) is 31.5 Å². The number of hydrogen-bond acceptors (Lipinski definition) is 4. The summed E-state index contributed by atoms with van der Waals surface area (Å²) >= 11 is 0. The summed E-state index contributed by atoms with van der Waals surface area (Å²) in [5.74, 6) is 0.801. The number of hydrogen-bond donors (Lipinski definition) is 0. The molecular formula is C13H20NO4P. The van der Waals surface area contributed by atoms with E-state index in [1.54, 1.807) is 27.2 Å². The van der Waals surface area contributed by atoms with Crippen LogP contribution >= 0.6 is 7.75 Å². The Morgan fingerprint density at radius 1 is 1.16 bits per heavy atom. The molecule has 0 radical (unpaired) electrons. The van der Waals surface area contributed by atoms with Crippen LogP contribution in [0.15, 0.2) is 29.0 Å². The van der Waals surface area contributed by atoms with Crippen LogP contribution in [0.4, 0.5) is 0 Å². The Hall–Kier alpha value is -1.16. The van der Waals surface area contributed by atoms with Gasteiger partial charge in [0.15, 0.2) is 0 Å². The molecule has 0 N–H and O–H groups in total. The Balaban J connectivity index is 2.61. The number of nitrogens with zero attached hydrogens (tertiary/aromatic N) is 1. The summed E-state index contributed by atoms with van der Waals surface area (Å²) in [6.45, 7) is 4.11. The van der Waals surface area contributed by atoms with Crippen molar-refractivity contribution in [1.29, 1.82) is 0 Å². The van der Waals surface area contributed by atoms with E-state index in [-0.39, 0.29) is 0 Å².